The predicted octanol–water partition coefficient (Wildman–Crippen LogP) is 4.84. The third-order valence-electron chi connectivity index (χ3n) is 6.61. The molecule has 2 atom stereocenters. The fourth-order valence-corrected chi connectivity index (χ4v) is 4.43. The molecule has 0 fully saturated rings. The monoisotopic (exact) mass is 584 g/mol. The smallest absolute Gasteiger partial charge is 0.326 e. The Hall–Kier alpha value is -5.18. The Balaban J connectivity index is 1.51. The third kappa shape index (κ3) is 9.43. The quantitative estimate of drug-likeness (QED) is 0.195. The fourth-order valence-electron chi connectivity index (χ4n) is 4.43. The van der Waals surface area contributed by atoms with Crippen LogP contribution >= 0.6 is 0 Å². The van der Waals surface area contributed by atoms with Gasteiger partial charge in [0.2, 0.25) is 11.8 Å². The number of carboxylic acid groups (broad SMARTS) is 1. The lowest BCUT2D eigenvalue weighted by Gasteiger charge is -2.22. The molecular weight excluding hydrogens is 551 g/mol. The number of ether oxygens (including phenoxy) is 2. The first kappa shape index (κ1) is 30.8. The number of hydrogen-bond donors (Lipinski definition) is 3. The van der Waals surface area contributed by atoms with Crippen molar-refractivity contribution in [2.45, 2.75) is 45.1 Å². The van der Waals surface area contributed by atoms with Crippen LogP contribution in [0.4, 0.5) is 4.39 Å². The average molecular weight is 585 g/mol. The molecule has 3 N–H and O–H groups in total. The van der Waals surface area contributed by atoms with Gasteiger partial charge in [0.25, 0.3) is 0 Å². The number of aliphatic carboxylic acids is 1. The van der Waals surface area contributed by atoms with Crippen LogP contribution in [0, 0.1) is 5.82 Å². The van der Waals surface area contributed by atoms with Crippen molar-refractivity contribution >= 4 is 17.8 Å². The second-order valence-electron chi connectivity index (χ2n) is 9.98. The van der Waals surface area contributed by atoms with Crippen molar-refractivity contribution in [3.63, 3.8) is 0 Å². The number of carbonyl (C=O) groups is 3. The molecule has 4 rings (SSSR count). The van der Waals surface area contributed by atoms with Crippen molar-refractivity contribution in [3.8, 4) is 11.5 Å². The minimum absolute atomic E-state index is 0.0752. The van der Waals surface area contributed by atoms with Crippen molar-refractivity contribution in [3.05, 3.63) is 131 Å². The largest absolute Gasteiger partial charge is 0.485 e. The molecule has 9 heteroatoms. The van der Waals surface area contributed by atoms with Gasteiger partial charge in [0.15, 0.2) is 11.5 Å². The summed E-state index contributed by atoms with van der Waals surface area (Å²) in [6.45, 7) is 1.80. The van der Waals surface area contributed by atoms with Crippen LogP contribution in [-0.2, 0) is 40.4 Å². The zero-order valence-corrected chi connectivity index (χ0v) is 23.7. The minimum atomic E-state index is -1.33. The molecule has 0 radical (unpaired) electrons. The highest BCUT2D eigenvalue weighted by Crippen LogP contribution is 2.30. The molecule has 0 saturated heterocycles. The predicted molar refractivity (Wildman–Crippen MR) is 159 cm³/mol. The maximum Gasteiger partial charge on any atom is 0.326 e. The zero-order chi connectivity index (χ0) is 30.6. The lowest BCUT2D eigenvalue weighted by molar-refractivity contribution is -0.142. The molecule has 8 nitrogen and oxygen atoms in total. The van der Waals surface area contributed by atoms with E-state index in [1.54, 1.807) is 24.3 Å². The zero-order valence-electron chi connectivity index (χ0n) is 23.7. The Morgan fingerprint density at radius 3 is 1.86 bits per heavy atom. The first-order valence-corrected chi connectivity index (χ1v) is 13.8. The summed E-state index contributed by atoms with van der Waals surface area (Å²) in [5.41, 5.74) is 2.71. The van der Waals surface area contributed by atoms with E-state index in [0.717, 1.165) is 11.1 Å². The summed E-state index contributed by atoms with van der Waals surface area (Å²) in [5, 5.41) is 14.9. The summed E-state index contributed by atoms with van der Waals surface area (Å²) in [4.78, 5) is 37.1. The molecule has 222 valence electrons. The molecule has 0 unspecified atom stereocenters. The number of benzene rings is 4. The Morgan fingerprint density at radius 2 is 1.28 bits per heavy atom. The number of hydrogen-bond acceptors (Lipinski definition) is 5. The highest BCUT2D eigenvalue weighted by Gasteiger charge is 2.27. The van der Waals surface area contributed by atoms with Gasteiger partial charge in [0, 0.05) is 19.8 Å². The normalized spacial score (nSPS) is 12.0. The molecular formula is C34H33FN2O6. The van der Waals surface area contributed by atoms with Gasteiger partial charge in [-0.2, -0.15) is 0 Å². The van der Waals surface area contributed by atoms with Crippen LogP contribution in [0.3, 0.4) is 0 Å². The van der Waals surface area contributed by atoms with E-state index in [4.69, 9.17) is 9.47 Å². The summed E-state index contributed by atoms with van der Waals surface area (Å²) in [6.07, 6.45) is -0.219. The van der Waals surface area contributed by atoms with Crippen LogP contribution < -0.4 is 20.1 Å². The van der Waals surface area contributed by atoms with Crippen molar-refractivity contribution in [2.24, 2.45) is 0 Å². The van der Waals surface area contributed by atoms with Crippen LogP contribution in [0.25, 0.3) is 0 Å². The van der Waals surface area contributed by atoms with Crippen LogP contribution in [0.2, 0.25) is 0 Å². The molecule has 4 aromatic carbocycles. The summed E-state index contributed by atoms with van der Waals surface area (Å²) in [5.74, 6) is -2.14. The number of nitrogens with one attached hydrogen (secondary N) is 2. The van der Waals surface area contributed by atoms with E-state index in [9.17, 15) is 23.9 Å². The lowest BCUT2D eigenvalue weighted by Crippen LogP contribution is -2.52. The van der Waals surface area contributed by atoms with E-state index in [0.29, 0.717) is 23.7 Å². The highest BCUT2D eigenvalue weighted by atomic mass is 19.1. The van der Waals surface area contributed by atoms with Gasteiger partial charge in [-0.15, -0.1) is 0 Å². The molecule has 0 aliphatic heterocycles. The van der Waals surface area contributed by atoms with Crippen LogP contribution in [0.15, 0.2) is 103 Å². The summed E-state index contributed by atoms with van der Waals surface area (Å²) < 4.78 is 26.4. The molecule has 0 aromatic heterocycles. The standard InChI is InChI=1S/C34H33FN2O6/c1-23(38)36-29(20-27-14-8-9-15-28(27)35)33(39)37-30(34(40)41)18-26-16-17-31(42-21-24-10-4-2-5-11-24)32(19-26)43-22-25-12-6-3-7-13-25/h2-17,19,29-30H,18,20-22H2,1H3,(H,36,38)(H,37,39)(H,40,41)/t29-,30-/m0/s1. The second-order valence-corrected chi connectivity index (χ2v) is 9.98. The number of rotatable bonds is 14. The van der Waals surface area contributed by atoms with E-state index in [1.165, 1.54) is 25.1 Å². The molecule has 0 heterocycles. The number of amides is 2. The van der Waals surface area contributed by atoms with Crippen LogP contribution in [-0.4, -0.2) is 35.0 Å². The highest BCUT2D eigenvalue weighted by molar-refractivity contribution is 5.90. The van der Waals surface area contributed by atoms with Gasteiger partial charge in [-0.05, 0) is 40.5 Å². The van der Waals surface area contributed by atoms with Gasteiger partial charge in [0.1, 0.15) is 31.1 Å². The third-order valence-corrected chi connectivity index (χ3v) is 6.61. The lowest BCUT2D eigenvalue weighted by atomic mass is 10.0. The van der Waals surface area contributed by atoms with Gasteiger partial charge in [-0.3, -0.25) is 9.59 Å². The molecule has 43 heavy (non-hydrogen) atoms. The number of carboxylic acids is 1. The van der Waals surface area contributed by atoms with E-state index >= 15 is 0 Å². The van der Waals surface area contributed by atoms with E-state index in [1.807, 2.05) is 60.7 Å². The molecule has 2 amide bonds. The average Bonchev–Trinajstić information content (AvgIpc) is 3.00. The molecule has 0 saturated carbocycles. The van der Waals surface area contributed by atoms with Gasteiger partial charge < -0.3 is 25.2 Å². The van der Waals surface area contributed by atoms with Crippen molar-refractivity contribution in [1.82, 2.24) is 10.6 Å². The van der Waals surface area contributed by atoms with Gasteiger partial charge >= 0.3 is 5.97 Å². The van der Waals surface area contributed by atoms with Crippen molar-refractivity contribution in [2.75, 3.05) is 0 Å². The Kier molecular flexibility index (Phi) is 10.9. The maximum absolute atomic E-state index is 14.3. The summed E-state index contributed by atoms with van der Waals surface area (Å²) >= 11 is 0. The Bertz CT molecular complexity index is 1530. The molecule has 0 aliphatic carbocycles. The molecule has 4 aromatic rings. The Morgan fingerprint density at radius 1 is 0.698 bits per heavy atom. The summed E-state index contributed by atoms with van der Waals surface area (Å²) in [7, 11) is 0. The van der Waals surface area contributed by atoms with Crippen molar-refractivity contribution in [1.29, 1.82) is 0 Å². The van der Waals surface area contributed by atoms with Gasteiger partial charge in [-0.25, -0.2) is 9.18 Å². The summed E-state index contributed by atoms with van der Waals surface area (Å²) in [6, 6.07) is 27.7. The fraction of sp³-hybridized carbons (Fsp3) is 0.206. The SMILES string of the molecule is CC(=O)N[C@@H](Cc1ccccc1F)C(=O)N[C@@H](Cc1ccc(OCc2ccccc2)c(OCc2ccccc2)c1)C(=O)O. The Labute approximate surface area is 249 Å². The minimum Gasteiger partial charge on any atom is -0.485 e. The van der Waals surface area contributed by atoms with Crippen LogP contribution in [0.1, 0.15) is 29.2 Å². The second kappa shape index (κ2) is 15.2. The van der Waals surface area contributed by atoms with Gasteiger partial charge in [0.05, 0.1) is 0 Å². The first-order chi connectivity index (χ1) is 20.8. The van der Waals surface area contributed by atoms with E-state index in [2.05, 4.69) is 10.6 Å². The first-order valence-electron chi connectivity index (χ1n) is 13.8. The van der Waals surface area contributed by atoms with E-state index in [-0.39, 0.29) is 25.0 Å². The molecule has 0 spiro atoms. The topological polar surface area (TPSA) is 114 Å². The van der Waals surface area contributed by atoms with Crippen LogP contribution in [0.5, 0.6) is 11.5 Å². The maximum atomic E-state index is 14.3. The number of halogens is 1. The number of carbonyl (C=O) groups excluding carboxylic acids is 2. The van der Waals surface area contributed by atoms with Gasteiger partial charge in [-0.1, -0.05) is 84.9 Å². The molecule has 0 bridgehead atoms. The van der Waals surface area contributed by atoms with E-state index < -0.39 is 35.7 Å². The van der Waals surface area contributed by atoms with Crippen molar-refractivity contribution < 1.29 is 33.4 Å². The molecule has 0 aliphatic rings.